The zero-order valence-corrected chi connectivity index (χ0v) is 14.4. The van der Waals surface area contributed by atoms with Crippen LogP contribution in [0.1, 0.15) is 16.3 Å². The van der Waals surface area contributed by atoms with Gasteiger partial charge >= 0.3 is 5.91 Å². The Morgan fingerprint density at radius 3 is 2.71 bits per heavy atom. The highest BCUT2D eigenvalue weighted by molar-refractivity contribution is 5.96. The van der Waals surface area contributed by atoms with Gasteiger partial charge in [0, 0.05) is 23.1 Å². The number of rotatable bonds is 5. The molecule has 1 amide bonds. The molecule has 4 aromatic rings. The Bertz CT molecular complexity index is 1170. The molecule has 0 aliphatic heterocycles. The fourth-order valence-corrected chi connectivity index (χ4v) is 2.65. The highest BCUT2D eigenvalue weighted by Crippen LogP contribution is 2.25. The number of non-ortho nitro benzene ring substituents is 1. The van der Waals surface area contributed by atoms with Crippen molar-refractivity contribution in [3.63, 3.8) is 0 Å². The number of para-hydroxylation sites is 1. The summed E-state index contributed by atoms with van der Waals surface area (Å²) in [6.07, 6.45) is 1.33. The van der Waals surface area contributed by atoms with E-state index in [9.17, 15) is 14.9 Å². The summed E-state index contributed by atoms with van der Waals surface area (Å²) in [7, 11) is 0. The summed E-state index contributed by atoms with van der Waals surface area (Å²) in [4.78, 5) is 22.5. The normalized spacial score (nSPS) is 11.1. The number of nitrogens with one attached hydrogen (secondary N) is 1. The molecule has 2 aromatic heterocycles. The predicted octanol–water partition coefficient (Wildman–Crippen LogP) is 4.36. The summed E-state index contributed by atoms with van der Waals surface area (Å²) < 4.78 is 11.1. The summed E-state index contributed by atoms with van der Waals surface area (Å²) in [5.74, 6) is 0.494. The van der Waals surface area contributed by atoms with Gasteiger partial charge in [0.15, 0.2) is 5.76 Å². The molecule has 138 valence electrons. The molecule has 0 atom stereocenters. The predicted molar refractivity (Wildman–Crippen MR) is 102 cm³/mol. The molecule has 2 heterocycles. The summed E-state index contributed by atoms with van der Waals surface area (Å²) in [5.41, 5.74) is 3.53. The molecule has 2 aromatic carbocycles. The van der Waals surface area contributed by atoms with Crippen LogP contribution in [0, 0.1) is 10.1 Å². The lowest BCUT2D eigenvalue weighted by Gasteiger charge is -1.97. The highest BCUT2D eigenvalue weighted by Gasteiger charge is 2.12. The van der Waals surface area contributed by atoms with Crippen molar-refractivity contribution >= 4 is 28.8 Å². The van der Waals surface area contributed by atoms with Crippen molar-refractivity contribution in [1.82, 2.24) is 5.43 Å². The fraction of sp³-hybridized carbons (Fsp3) is 0. The molecule has 28 heavy (non-hydrogen) atoms. The Morgan fingerprint density at radius 2 is 1.89 bits per heavy atom. The van der Waals surface area contributed by atoms with Gasteiger partial charge in [-0.3, -0.25) is 14.9 Å². The molecule has 8 heteroatoms. The monoisotopic (exact) mass is 375 g/mol. The van der Waals surface area contributed by atoms with E-state index in [0.29, 0.717) is 22.7 Å². The van der Waals surface area contributed by atoms with E-state index in [4.69, 9.17) is 8.83 Å². The third-order valence-electron chi connectivity index (χ3n) is 3.98. The molecule has 0 unspecified atom stereocenters. The van der Waals surface area contributed by atoms with Crippen LogP contribution in [0.2, 0.25) is 0 Å². The number of nitrogens with zero attached hydrogens (tertiary/aromatic N) is 2. The largest absolute Gasteiger partial charge is 0.455 e. The Labute approximate surface area is 158 Å². The minimum Gasteiger partial charge on any atom is -0.455 e. The third-order valence-corrected chi connectivity index (χ3v) is 3.98. The van der Waals surface area contributed by atoms with Crippen LogP contribution in [-0.4, -0.2) is 17.0 Å². The lowest BCUT2D eigenvalue weighted by atomic mass is 10.1. The standard InChI is InChI=1S/C20H13N3O5/c24-20(19-11-14-4-1-2-7-17(14)28-19)22-21-12-16-8-9-18(27-16)13-5-3-6-15(10-13)23(25)26/h1-12H,(H,22,24). The summed E-state index contributed by atoms with van der Waals surface area (Å²) in [6, 6.07) is 18.3. The fourth-order valence-electron chi connectivity index (χ4n) is 2.65. The molecule has 0 fully saturated rings. The van der Waals surface area contributed by atoms with E-state index in [-0.39, 0.29) is 11.4 Å². The zero-order valence-electron chi connectivity index (χ0n) is 14.4. The number of amides is 1. The first-order valence-corrected chi connectivity index (χ1v) is 8.27. The van der Waals surface area contributed by atoms with Crippen molar-refractivity contribution in [2.24, 2.45) is 5.10 Å². The van der Waals surface area contributed by atoms with Crippen LogP contribution in [0.5, 0.6) is 0 Å². The smallest absolute Gasteiger partial charge is 0.307 e. The molecule has 0 aliphatic rings. The van der Waals surface area contributed by atoms with Gasteiger partial charge in [-0.2, -0.15) is 5.10 Å². The number of hydrogen-bond acceptors (Lipinski definition) is 6. The minimum atomic E-state index is -0.488. The lowest BCUT2D eigenvalue weighted by molar-refractivity contribution is -0.384. The molecule has 0 spiro atoms. The Morgan fingerprint density at radius 1 is 1.04 bits per heavy atom. The van der Waals surface area contributed by atoms with Crippen LogP contribution < -0.4 is 5.43 Å². The van der Waals surface area contributed by atoms with Gasteiger partial charge in [0.25, 0.3) is 5.69 Å². The first-order chi connectivity index (χ1) is 13.6. The molecule has 0 saturated carbocycles. The van der Waals surface area contributed by atoms with Gasteiger partial charge in [-0.15, -0.1) is 0 Å². The number of fused-ring (bicyclic) bond motifs is 1. The molecule has 0 bridgehead atoms. The number of hydrogen-bond donors (Lipinski definition) is 1. The maximum Gasteiger partial charge on any atom is 0.307 e. The van der Waals surface area contributed by atoms with Crippen LogP contribution in [-0.2, 0) is 0 Å². The number of nitro benzene ring substituents is 1. The van der Waals surface area contributed by atoms with Crippen molar-refractivity contribution in [2.75, 3.05) is 0 Å². The van der Waals surface area contributed by atoms with Crippen molar-refractivity contribution in [1.29, 1.82) is 0 Å². The number of carbonyl (C=O) groups is 1. The van der Waals surface area contributed by atoms with E-state index in [1.54, 1.807) is 36.4 Å². The average molecular weight is 375 g/mol. The molecular formula is C20H13N3O5. The van der Waals surface area contributed by atoms with Crippen LogP contribution in [0.25, 0.3) is 22.3 Å². The second-order valence-electron chi connectivity index (χ2n) is 5.86. The topological polar surface area (TPSA) is 111 Å². The van der Waals surface area contributed by atoms with E-state index < -0.39 is 10.8 Å². The number of furan rings is 2. The number of hydrazone groups is 1. The average Bonchev–Trinajstić information content (AvgIpc) is 3.35. The number of benzene rings is 2. The maximum atomic E-state index is 12.1. The first-order valence-electron chi connectivity index (χ1n) is 8.27. The van der Waals surface area contributed by atoms with E-state index >= 15 is 0 Å². The van der Waals surface area contributed by atoms with Gasteiger partial charge < -0.3 is 8.83 Å². The van der Waals surface area contributed by atoms with Gasteiger partial charge in [-0.1, -0.05) is 30.3 Å². The molecule has 0 radical (unpaired) electrons. The third kappa shape index (κ3) is 3.51. The molecule has 8 nitrogen and oxygen atoms in total. The van der Waals surface area contributed by atoms with Crippen molar-refractivity contribution < 1.29 is 18.6 Å². The van der Waals surface area contributed by atoms with Gasteiger partial charge in [0.05, 0.1) is 11.1 Å². The Hall–Kier alpha value is -4.20. The Balaban J connectivity index is 1.45. The maximum absolute atomic E-state index is 12.1. The first kappa shape index (κ1) is 17.2. The van der Waals surface area contributed by atoms with Crippen molar-refractivity contribution in [2.45, 2.75) is 0 Å². The number of nitro groups is 1. The highest BCUT2D eigenvalue weighted by atomic mass is 16.6. The van der Waals surface area contributed by atoms with Gasteiger partial charge in [0.2, 0.25) is 0 Å². The van der Waals surface area contributed by atoms with Crippen LogP contribution in [0.3, 0.4) is 0 Å². The van der Waals surface area contributed by atoms with E-state index in [2.05, 4.69) is 10.5 Å². The number of carbonyl (C=O) groups excluding carboxylic acids is 1. The molecule has 1 N–H and O–H groups in total. The van der Waals surface area contributed by atoms with Crippen molar-refractivity contribution in [3.05, 3.63) is 88.4 Å². The Kier molecular flexibility index (Phi) is 4.43. The molecule has 0 saturated heterocycles. The van der Waals surface area contributed by atoms with Crippen LogP contribution in [0.4, 0.5) is 5.69 Å². The zero-order chi connectivity index (χ0) is 19.5. The quantitative estimate of drug-likeness (QED) is 0.316. The van der Waals surface area contributed by atoms with Crippen LogP contribution >= 0.6 is 0 Å². The SMILES string of the molecule is O=C(NN=Cc1ccc(-c2cccc([N+](=O)[O-])c2)o1)c1cc2ccccc2o1. The summed E-state index contributed by atoms with van der Waals surface area (Å²) >= 11 is 0. The minimum absolute atomic E-state index is 0.0257. The van der Waals surface area contributed by atoms with Crippen LogP contribution in [0.15, 0.2) is 80.7 Å². The van der Waals surface area contributed by atoms with Crippen molar-refractivity contribution in [3.8, 4) is 11.3 Å². The molecule has 4 rings (SSSR count). The van der Waals surface area contributed by atoms with E-state index in [1.165, 1.54) is 18.3 Å². The lowest BCUT2D eigenvalue weighted by Crippen LogP contribution is -2.16. The van der Waals surface area contributed by atoms with E-state index in [0.717, 1.165) is 5.39 Å². The summed E-state index contributed by atoms with van der Waals surface area (Å²) in [6.45, 7) is 0. The van der Waals surface area contributed by atoms with Gasteiger partial charge in [0.1, 0.15) is 17.1 Å². The second kappa shape index (κ2) is 7.20. The molecule has 0 aliphatic carbocycles. The van der Waals surface area contributed by atoms with Gasteiger partial charge in [-0.25, -0.2) is 5.43 Å². The van der Waals surface area contributed by atoms with Gasteiger partial charge in [-0.05, 0) is 24.3 Å². The second-order valence-corrected chi connectivity index (χ2v) is 5.86. The summed E-state index contributed by atoms with van der Waals surface area (Å²) in [5, 5.41) is 15.6. The molecular weight excluding hydrogens is 362 g/mol. The van der Waals surface area contributed by atoms with E-state index in [1.807, 2.05) is 18.2 Å².